The summed E-state index contributed by atoms with van der Waals surface area (Å²) < 4.78 is 0.736. The van der Waals surface area contributed by atoms with E-state index in [1.54, 1.807) is 6.20 Å². The third-order valence-corrected chi connectivity index (χ3v) is 5.22. The summed E-state index contributed by atoms with van der Waals surface area (Å²) in [7, 11) is 0. The molecule has 2 aromatic rings. The highest BCUT2D eigenvalue weighted by molar-refractivity contribution is 7.15. The van der Waals surface area contributed by atoms with Gasteiger partial charge in [0.25, 0.3) is 5.91 Å². The smallest absolute Gasteiger partial charge is 0.251 e. The molecule has 0 spiro atoms. The predicted octanol–water partition coefficient (Wildman–Crippen LogP) is 3.50. The average molecular weight is 350 g/mol. The number of carbonyl (C=O) groups is 1. The normalized spacial score (nSPS) is 16.4. The number of aryl methyl sites for hydroxylation is 1. The van der Waals surface area contributed by atoms with Crippen molar-refractivity contribution in [3.63, 3.8) is 0 Å². The zero-order valence-electron chi connectivity index (χ0n) is 13.1. The van der Waals surface area contributed by atoms with Crippen LogP contribution in [0.15, 0.2) is 30.5 Å². The lowest BCUT2D eigenvalue weighted by atomic mass is 10.0. The van der Waals surface area contributed by atoms with E-state index < -0.39 is 0 Å². The van der Waals surface area contributed by atoms with Gasteiger partial charge in [-0.25, -0.2) is 4.98 Å². The Morgan fingerprint density at radius 3 is 2.65 bits per heavy atom. The molecule has 0 aliphatic carbocycles. The van der Waals surface area contributed by atoms with Gasteiger partial charge in [0.2, 0.25) is 0 Å². The molecular formula is C17H20ClN3OS. The fraction of sp³-hybridized carbons (Fsp3) is 0.412. The number of benzene rings is 1. The summed E-state index contributed by atoms with van der Waals surface area (Å²) in [6, 6.07) is 7.95. The minimum absolute atomic E-state index is 0.0233. The summed E-state index contributed by atoms with van der Waals surface area (Å²) in [5.74, 6) is 0.0233. The summed E-state index contributed by atoms with van der Waals surface area (Å²) in [5.41, 5.74) is 1.90. The molecule has 0 saturated carbocycles. The van der Waals surface area contributed by atoms with Crippen LogP contribution in [0.3, 0.4) is 0 Å². The standard InChI is InChI=1S/C17H20ClN3OS/c1-12-2-4-13(5-3-12)17(22)20-14-6-8-21(9-7-14)11-16-19-10-15(18)23-16/h2-5,10,14H,6-9,11H2,1H3,(H,20,22). The number of carbonyl (C=O) groups excluding carboxylic acids is 1. The Morgan fingerprint density at radius 1 is 1.35 bits per heavy atom. The van der Waals surface area contributed by atoms with E-state index in [0.29, 0.717) is 0 Å². The lowest BCUT2D eigenvalue weighted by Gasteiger charge is -2.31. The van der Waals surface area contributed by atoms with Gasteiger partial charge in [0, 0.05) is 24.7 Å². The van der Waals surface area contributed by atoms with E-state index in [1.165, 1.54) is 11.3 Å². The lowest BCUT2D eigenvalue weighted by Crippen LogP contribution is -2.44. The molecule has 1 aliphatic heterocycles. The summed E-state index contributed by atoms with van der Waals surface area (Å²) in [6.45, 7) is 4.80. The number of nitrogens with zero attached hydrogens (tertiary/aromatic N) is 2. The fourth-order valence-electron chi connectivity index (χ4n) is 2.76. The van der Waals surface area contributed by atoms with Crippen LogP contribution in [0.5, 0.6) is 0 Å². The second-order valence-electron chi connectivity index (χ2n) is 5.95. The number of halogens is 1. The fourth-order valence-corrected chi connectivity index (χ4v) is 3.76. The van der Waals surface area contributed by atoms with Crippen molar-refractivity contribution in [2.24, 2.45) is 0 Å². The van der Waals surface area contributed by atoms with Gasteiger partial charge in [0.15, 0.2) is 0 Å². The molecule has 4 nitrogen and oxygen atoms in total. The first kappa shape index (κ1) is 16.4. The first-order valence-corrected chi connectivity index (χ1v) is 9.00. The van der Waals surface area contributed by atoms with Gasteiger partial charge in [-0.2, -0.15) is 0 Å². The summed E-state index contributed by atoms with van der Waals surface area (Å²) in [6.07, 6.45) is 3.64. The Balaban J connectivity index is 1.47. The molecule has 1 saturated heterocycles. The first-order valence-electron chi connectivity index (χ1n) is 7.80. The van der Waals surface area contributed by atoms with Crippen molar-refractivity contribution in [1.82, 2.24) is 15.2 Å². The quantitative estimate of drug-likeness (QED) is 0.918. The van der Waals surface area contributed by atoms with Crippen molar-refractivity contribution < 1.29 is 4.79 Å². The Labute approximate surface area is 145 Å². The van der Waals surface area contributed by atoms with Crippen LogP contribution >= 0.6 is 22.9 Å². The van der Waals surface area contributed by atoms with E-state index in [2.05, 4.69) is 15.2 Å². The monoisotopic (exact) mass is 349 g/mol. The van der Waals surface area contributed by atoms with Gasteiger partial charge in [-0.05, 0) is 31.9 Å². The van der Waals surface area contributed by atoms with E-state index in [1.807, 2.05) is 31.2 Å². The molecule has 1 amide bonds. The number of amides is 1. The topological polar surface area (TPSA) is 45.2 Å². The van der Waals surface area contributed by atoms with Gasteiger partial charge in [-0.3, -0.25) is 9.69 Å². The number of hydrogen-bond donors (Lipinski definition) is 1. The van der Waals surface area contributed by atoms with E-state index in [9.17, 15) is 4.79 Å². The summed E-state index contributed by atoms with van der Waals surface area (Å²) in [4.78, 5) is 18.9. The van der Waals surface area contributed by atoms with Gasteiger partial charge < -0.3 is 5.32 Å². The molecule has 0 radical (unpaired) electrons. The predicted molar refractivity (Wildman–Crippen MR) is 94.1 cm³/mol. The Morgan fingerprint density at radius 2 is 2.04 bits per heavy atom. The number of piperidine rings is 1. The molecule has 23 heavy (non-hydrogen) atoms. The molecule has 1 fully saturated rings. The van der Waals surface area contributed by atoms with E-state index in [-0.39, 0.29) is 11.9 Å². The van der Waals surface area contributed by atoms with Crippen LogP contribution in [0.4, 0.5) is 0 Å². The SMILES string of the molecule is Cc1ccc(C(=O)NC2CCN(Cc3ncc(Cl)s3)CC2)cc1. The van der Waals surface area contributed by atoms with Gasteiger partial charge in [-0.1, -0.05) is 29.3 Å². The molecule has 122 valence electrons. The number of rotatable bonds is 4. The van der Waals surface area contributed by atoms with Crippen molar-refractivity contribution in [2.75, 3.05) is 13.1 Å². The van der Waals surface area contributed by atoms with Gasteiger partial charge in [-0.15, -0.1) is 11.3 Å². The maximum absolute atomic E-state index is 12.3. The average Bonchev–Trinajstić information content (AvgIpc) is 2.95. The summed E-state index contributed by atoms with van der Waals surface area (Å²) >= 11 is 7.45. The van der Waals surface area contributed by atoms with Gasteiger partial charge >= 0.3 is 0 Å². The third-order valence-electron chi connectivity index (χ3n) is 4.12. The lowest BCUT2D eigenvalue weighted by molar-refractivity contribution is 0.0909. The van der Waals surface area contributed by atoms with Crippen LogP contribution in [0.1, 0.15) is 33.8 Å². The zero-order chi connectivity index (χ0) is 16.2. The van der Waals surface area contributed by atoms with Crippen molar-refractivity contribution in [3.05, 3.63) is 50.9 Å². The largest absolute Gasteiger partial charge is 0.349 e. The maximum atomic E-state index is 12.3. The number of nitrogens with one attached hydrogen (secondary N) is 1. The van der Waals surface area contributed by atoms with Crippen LogP contribution < -0.4 is 5.32 Å². The first-order chi connectivity index (χ1) is 11.1. The third kappa shape index (κ3) is 4.53. The molecule has 0 unspecified atom stereocenters. The highest BCUT2D eigenvalue weighted by atomic mass is 35.5. The second kappa shape index (κ2) is 7.43. The molecule has 6 heteroatoms. The molecule has 1 aromatic carbocycles. The van der Waals surface area contributed by atoms with Crippen molar-refractivity contribution >= 4 is 28.8 Å². The molecular weight excluding hydrogens is 330 g/mol. The van der Waals surface area contributed by atoms with Crippen molar-refractivity contribution in [1.29, 1.82) is 0 Å². The zero-order valence-corrected chi connectivity index (χ0v) is 14.7. The minimum atomic E-state index is 0.0233. The van der Waals surface area contributed by atoms with E-state index in [4.69, 9.17) is 11.6 Å². The van der Waals surface area contributed by atoms with Crippen LogP contribution in [0.25, 0.3) is 0 Å². The second-order valence-corrected chi connectivity index (χ2v) is 7.69. The number of aromatic nitrogens is 1. The molecule has 2 heterocycles. The molecule has 1 N–H and O–H groups in total. The molecule has 1 aromatic heterocycles. The Hall–Kier alpha value is -1.43. The number of hydrogen-bond acceptors (Lipinski definition) is 4. The van der Waals surface area contributed by atoms with Crippen molar-refractivity contribution in [3.8, 4) is 0 Å². The molecule has 3 rings (SSSR count). The van der Waals surface area contributed by atoms with E-state index in [0.717, 1.165) is 52.9 Å². The van der Waals surface area contributed by atoms with Gasteiger partial charge in [0.1, 0.15) is 9.34 Å². The van der Waals surface area contributed by atoms with Gasteiger partial charge in [0.05, 0.1) is 12.7 Å². The van der Waals surface area contributed by atoms with Crippen LogP contribution in [-0.4, -0.2) is 34.9 Å². The number of thiazole rings is 1. The molecule has 0 atom stereocenters. The van der Waals surface area contributed by atoms with E-state index >= 15 is 0 Å². The minimum Gasteiger partial charge on any atom is -0.349 e. The van der Waals surface area contributed by atoms with Crippen LogP contribution in [0, 0.1) is 6.92 Å². The molecule has 1 aliphatic rings. The van der Waals surface area contributed by atoms with Crippen LogP contribution in [-0.2, 0) is 6.54 Å². The Bertz CT molecular complexity index is 663. The maximum Gasteiger partial charge on any atom is 0.251 e. The highest BCUT2D eigenvalue weighted by Gasteiger charge is 2.21. The van der Waals surface area contributed by atoms with Crippen LogP contribution in [0.2, 0.25) is 4.34 Å². The Kier molecular flexibility index (Phi) is 5.30. The van der Waals surface area contributed by atoms with Crippen molar-refractivity contribution in [2.45, 2.75) is 32.4 Å². The number of likely N-dealkylation sites (tertiary alicyclic amines) is 1. The molecule has 0 bridgehead atoms. The highest BCUT2D eigenvalue weighted by Crippen LogP contribution is 2.21. The summed E-state index contributed by atoms with van der Waals surface area (Å²) in [5, 5.41) is 4.20.